The Morgan fingerprint density at radius 1 is 1.18 bits per heavy atom. The van der Waals surface area contributed by atoms with E-state index in [1.165, 1.54) is 11.1 Å². The fourth-order valence-electron chi connectivity index (χ4n) is 8.21. The minimum Gasteiger partial charge on any atom is -0.493 e. The molecule has 2 fully saturated rings. The standard InChI is InChI=1S/C31H40N2O5S/c1-20(2)17-33(39(35,36)19-22-8-6-5-7-9-22)25-12-11-24-26-16-23-10-13-27(37-4)29-28(23)31(24,30(25)38-29)14-15-32(26)18-21(3)34/h5-10,13,20,24-26,30H,11-12,14-19H2,1-4H3/t24-,25+,26+,30-,31-/m0/s1. The van der Waals surface area contributed by atoms with Crippen molar-refractivity contribution in [1.29, 1.82) is 0 Å². The summed E-state index contributed by atoms with van der Waals surface area (Å²) in [5, 5.41) is 0. The van der Waals surface area contributed by atoms with Crippen LogP contribution in [0.15, 0.2) is 42.5 Å². The highest BCUT2D eigenvalue weighted by Crippen LogP contribution is 2.64. The van der Waals surface area contributed by atoms with Gasteiger partial charge in [0.15, 0.2) is 11.5 Å². The van der Waals surface area contributed by atoms with Crippen molar-refractivity contribution in [2.75, 3.05) is 26.7 Å². The molecule has 39 heavy (non-hydrogen) atoms. The number of likely N-dealkylation sites (tertiary alicyclic amines) is 1. The Morgan fingerprint density at radius 3 is 2.64 bits per heavy atom. The van der Waals surface area contributed by atoms with Gasteiger partial charge >= 0.3 is 0 Å². The maximum atomic E-state index is 14.1. The lowest BCUT2D eigenvalue weighted by atomic mass is 9.51. The molecule has 4 aliphatic rings. The van der Waals surface area contributed by atoms with Crippen LogP contribution in [0.5, 0.6) is 11.5 Å². The van der Waals surface area contributed by atoms with Gasteiger partial charge in [-0.05, 0) is 68.2 Å². The lowest BCUT2D eigenvalue weighted by molar-refractivity contribution is -0.123. The molecule has 210 valence electrons. The van der Waals surface area contributed by atoms with Gasteiger partial charge in [0.25, 0.3) is 0 Å². The monoisotopic (exact) mass is 552 g/mol. The number of benzene rings is 2. The summed E-state index contributed by atoms with van der Waals surface area (Å²) < 4.78 is 42.7. The molecule has 1 spiro atoms. The Balaban J connectivity index is 1.44. The summed E-state index contributed by atoms with van der Waals surface area (Å²) in [6, 6.07) is 13.6. The van der Waals surface area contributed by atoms with Gasteiger partial charge in [0, 0.05) is 23.6 Å². The van der Waals surface area contributed by atoms with Gasteiger partial charge in [-0.3, -0.25) is 9.69 Å². The van der Waals surface area contributed by atoms with Crippen molar-refractivity contribution in [3.05, 3.63) is 59.2 Å². The summed E-state index contributed by atoms with van der Waals surface area (Å²) in [4.78, 5) is 14.6. The van der Waals surface area contributed by atoms with E-state index < -0.39 is 10.0 Å². The van der Waals surface area contributed by atoms with E-state index >= 15 is 0 Å². The third kappa shape index (κ3) is 4.30. The number of rotatable bonds is 9. The van der Waals surface area contributed by atoms with Gasteiger partial charge in [0.1, 0.15) is 11.9 Å². The molecule has 2 aliphatic heterocycles. The Bertz CT molecular complexity index is 1360. The minimum atomic E-state index is -3.61. The smallest absolute Gasteiger partial charge is 0.218 e. The van der Waals surface area contributed by atoms with Crippen LogP contribution in [0.2, 0.25) is 0 Å². The zero-order valence-corrected chi connectivity index (χ0v) is 24.2. The molecule has 0 unspecified atom stereocenters. The molecule has 1 saturated heterocycles. The predicted octanol–water partition coefficient (Wildman–Crippen LogP) is 4.18. The number of carbonyl (C=O) groups excluding carboxylic acids is 1. The number of hydrogen-bond donors (Lipinski definition) is 0. The lowest BCUT2D eigenvalue weighted by Crippen LogP contribution is -2.69. The Labute approximate surface area is 232 Å². The first-order valence-electron chi connectivity index (χ1n) is 14.3. The Kier molecular flexibility index (Phi) is 6.79. The summed E-state index contributed by atoms with van der Waals surface area (Å²) in [6.45, 7) is 7.57. The summed E-state index contributed by atoms with van der Waals surface area (Å²) in [5.74, 6) is 2.19. The van der Waals surface area contributed by atoms with Gasteiger partial charge in [-0.15, -0.1) is 0 Å². The first-order chi connectivity index (χ1) is 18.7. The van der Waals surface area contributed by atoms with Crippen LogP contribution < -0.4 is 9.47 Å². The molecular weight excluding hydrogens is 512 g/mol. The van der Waals surface area contributed by atoms with Gasteiger partial charge < -0.3 is 9.47 Å². The number of carbonyl (C=O) groups is 1. The molecule has 2 aromatic carbocycles. The zero-order chi connectivity index (χ0) is 27.5. The van der Waals surface area contributed by atoms with Crippen molar-refractivity contribution in [1.82, 2.24) is 9.21 Å². The van der Waals surface area contributed by atoms with E-state index in [1.54, 1.807) is 18.3 Å². The molecule has 2 aliphatic carbocycles. The number of nitrogens with zero attached hydrogens (tertiary/aromatic N) is 2. The maximum absolute atomic E-state index is 14.1. The molecule has 7 nitrogen and oxygen atoms in total. The normalized spacial score (nSPS) is 29.3. The molecular formula is C31H40N2O5S. The molecule has 0 N–H and O–H groups in total. The average molecular weight is 553 g/mol. The first kappa shape index (κ1) is 26.8. The summed E-state index contributed by atoms with van der Waals surface area (Å²) in [7, 11) is -1.94. The van der Waals surface area contributed by atoms with Gasteiger partial charge in [0.05, 0.1) is 25.4 Å². The van der Waals surface area contributed by atoms with E-state index in [-0.39, 0.29) is 41.1 Å². The summed E-state index contributed by atoms with van der Waals surface area (Å²) in [5.41, 5.74) is 3.01. The van der Waals surface area contributed by atoms with Crippen LogP contribution in [-0.2, 0) is 32.4 Å². The number of piperidine rings is 1. The molecule has 0 amide bonds. The lowest BCUT2D eigenvalue weighted by Gasteiger charge is -2.60. The van der Waals surface area contributed by atoms with E-state index in [0.717, 1.165) is 49.3 Å². The van der Waals surface area contributed by atoms with E-state index in [2.05, 4.69) is 24.8 Å². The third-order valence-corrected chi connectivity index (χ3v) is 11.3. The molecule has 2 bridgehead atoms. The third-order valence-electron chi connectivity index (χ3n) is 9.50. The van der Waals surface area contributed by atoms with Gasteiger partial charge in [0.2, 0.25) is 10.0 Å². The fourth-order valence-corrected chi connectivity index (χ4v) is 10.1. The minimum absolute atomic E-state index is 0.0171. The Hall–Kier alpha value is -2.42. The molecule has 0 aromatic heterocycles. The maximum Gasteiger partial charge on any atom is 0.218 e. The van der Waals surface area contributed by atoms with Crippen LogP contribution in [0.3, 0.4) is 0 Å². The fraction of sp³-hybridized carbons (Fsp3) is 0.581. The second kappa shape index (κ2) is 9.89. The summed E-state index contributed by atoms with van der Waals surface area (Å²) >= 11 is 0. The number of methoxy groups -OCH3 is 1. The largest absolute Gasteiger partial charge is 0.493 e. The van der Waals surface area contributed by atoms with E-state index in [0.29, 0.717) is 19.0 Å². The number of hydrogen-bond acceptors (Lipinski definition) is 6. The van der Waals surface area contributed by atoms with Crippen LogP contribution in [0.1, 0.15) is 56.7 Å². The predicted molar refractivity (Wildman–Crippen MR) is 151 cm³/mol. The summed E-state index contributed by atoms with van der Waals surface area (Å²) in [6.07, 6.45) is 3.11. The van der Waals surface area contributed by atoms with Crippen LogP contribution in [0.25, 0.3) is 0 Å². The topological polar surface area (TPSA) is 76.2 Å². The average Bonchev–Trinajstić information content (AvgIpc) is 3.24. The molecule has 6 rings (SSSR count). The van der Waals surface area contributed by atoms with Gasteiger partial charge in [-0.1, -0.05) is 50.2 Å². The van der Waals surface area contributed by atoms with Gasteiger partial charge in [-0.25, -0.2) is 8.42 Å². The van der Waals surface area contributed by atoms with E-state index in [9.17, 15) is 13.2 Å². The molecule has 8 heteroatoms. The molecule has 2 heterocycles. The highest BCUT2D eigenvalue weighted by Gasteiger charge is 2.67. The molecule has 0 radical (unpaired) electrons. The highest BCUT2D eigenvalue weighted by atomic mass is 32.2. The van der Waals surface area contributed by atoms with Crippen LogP contribution in [0, 0.1) is 11.8 Å². The highest BCUT2D eigenvalue weighted by molar-refractivity contribution is 7.88. The number of Topliss-reactive ketones (excluding diaryl/α,β-unsaturated/α-hetero) is 1. The van der Waals surface area contributed by atoms with Crippen LogP contribution in [-0.4, -0.2) is 68.3 Å². The van der Waals surface area contributed by atoms with Gasteiger partial charge in [-0.2, -0.15) is 4.31 Å². The van der Waals surface area contributed by atoms with E-state index in [1.807, 2.05) is 36.4 Å². The quantitative estimate of drug-likeness (QED) is 0.465. The second-order valence-corrected chi connectivity index (χ2v) is 14.3. The first-order valence-corrected chi connectivity index (χ1v) is 15.9. The van der Waals surface area contributed by atoms with Crippen molar-refractivity contribution in [3.63, 3.8) is 0 Å². The number of ketones is 1. The zero-order valence-electron chi connectivity index (χ0n) is 23.4. The van der Waals surface area contributed by atoms with Crippen LogP contribution in [0.4, 0.5) is 0 Å². The second-order valence-electron chi connectivity index (χ2n) is 12.4. The van der Waals surface area contributed by atoms with Crippen molar-refractivity contribution in [3.8, 4) is 11.5 Å². The van der Waals surface area contributed by atoms with Crippen LogP contribution >= 0.6 is 0 Å². The SMILES string of the molecule is COc1ccc2c3c1O[C@H]1[C@H](N(CC(C)C)S(=O)(=O)Cc4ccccc4)CC[C@H]4[C@@H](C2)N(CC(C)=O)CC[C@@]341. The van der Waals surface area contributed by atoms with Crippen molar-refractivity contribution >= 4 is 15.8 Å². The Morgan fingerprint density at radius 2 is 1.95 bits per heavy atom. The molecule has 1 saturated carbocycles. The molecule has 5 atom stereocenters. The van der Waals surface area contributed by atoms with E-state index in [4.69, 9.17) is 9.47 Å². The van der Waals surface area contributed by atoms with Crippen molar-refractivity contribution in [2.45, 2.75) is 75.8 Å². The number of sulfonamides is 1. The van der Waals surface area contributed by atoms with Crippen molar-refractivity contribution < 1.29 is 22.7 Å². The van der Waals surface area contributed by atoms with Crippen molar-refractivity contribution in [2.24, 2.45) is 11.8 Å². The molecule has 2 aromatic rings. The number of ether oxygens (including phenoxy) is 2.